The number of halogens is 1. The fraction of sp³-hybridized carbons (Fsp3) is 1.00. The quantitative estimate of drug-likeness (QED) is 0.543. The van der Waals surface area contributed by atoms with Gasteiger partial charge in [-0.15, -0.1) is 0 Å². The summed E-state index contributed by atoms with van der Waals surface area (Å²) in [6, 6.07) is 0. The Morgan fingerprint density at radius 2 is 1.92 bits per heavy atom. The van der Waals surface area contributed by atoms with E-state index >= 15 is 0 Å². The molecule has 0 saturated carbocycles. The Balaban J connectivity index is 0.00000144. The molecule has 0 amide bonds. The summed E-state index contributed by atoms with van der Waals surface area (Å²) < 4.78 is 5.60. The number of rotatable bonds is 3. The van der Waals surface area contributed by atoms with E-state index in [0.29, 0.717) is 0 Å². The van der Waals surface area contributed by atoms with Crippen molar-refractivity contribution in [2.24, 2.45) is 5.41 Å². The number of quaternary nitrogens is 1. The molecule has 3 nitrogen and oxygen atoms in total. The summed E-state index contributed by atoms with van der Waals surface area (Å²) in [5.41, 5.74) is 0.0241. The maximum absolute atomic E-state index is 8.92. The van der Waals surface area contributed by atoms with E-state index in [4.69, 9.17) is 9.84 Å². The van der Waals surface area contributed by atoms with E-state index in [0.717, 1.165) is 13.0 Å². The lowest BCUT2D eigenvalue weighted by Gasteiger charge is -2.55. The van der Waals surface area contributed by atoms with Crippen LogP contribution >= 0.6 is 0 Å². The minimum absolute atomic E-state index is 0. The zero-order valence-corrected chi connectivity index (χ0v) is 10.4. The number of hydrogen-bond acceptors (Lipinski definition) is 2. The topological polar surface area (TPSA) is 33.9 Å². The number of aliphatic hydroxyl groups excluding tert-OH is 1. The zero-order valence-electron chi connectivity index (χ0n) is 8.85. The van der Waals surface area contributed by atoms with Crippen molar-refractivity contribution in [3.63, 3.8) is 0 Å². The fourth-order valence-electron chi connectivity index (χ4n) is 1.84. The van der Waals surface area contributed by atoms with Crippen LogP contribution in [0.4, 0.5) is 0 Å². The van der Waals surface area contributed by atoms with Crippen LogP contribution in [0, 0.1) is 5.41 Å². The van der Waals surface area contributed by atoms with Crippen molar-refractivity contribution in [2.45, 2.75) is 26.0 Å². The molecule has 0 aliphatic carbocycles. The molecule has 1 heterocycles. The molecule has 1 aliphatic heterocycles. The van der Waals surface area contributed by atoms with Gasteiger partial charge in [0.1, 0.15) is 0 Å². The first-order chi connectivity index (χ1) is 5.46. The van der Waals surface area contributed by atoms with E-state index < -0.39 is 0 Å². The normalized spacial score (nSPS) is 38.3. The molecule has 13 heavy (non-hydrogen) atoms. The van der Waals surface area contributed by atoms with Crippen molar-refractivity contribution in [3.8, 4) is 0 Å². The standard InChI is InChI=1S/C9H19NO2.BrH/c1-8(5-6-11)7-12-9(8,2)10(3)4;/h11H,5-7H2,1-4H3;1H. The second-order valence-electron chi connectivity index (χ2n) is 4.36. The Bertz CT molecular complexity index is 177. The first kappa shape index (κ1) is 13.4. The Labute approximate surface area is 90.8 Å². The van der Waals surface area contributed by atoms with Crippen LogP contribution in [0.25, 0.3) is 0 Å². The van der Waals surface area contributed by atoms with E-state index in [1.165, 1.54) is 4.90 Å². The highest BCUT2D eigenvalue weighted by molar-refractivity contribution is 4.93. The third-order valence-corrected chi connectivity index (χ3v) is 3.45. The average Bonchev–Trinajstić information content (AvgIpc) is 2.01. The van der Waals surface area contributed by atoms with E-state index in [1.54, 1.807) is 0 Å². The van der Waals surface area contributed by atoms with E-state index in [9.17, 15) is 0 Å². The predicted molar refractivity (Wildman–Crippen MR) is 47.0 cm³/mol. The van der Waals surface area contributed by atoms with Gasteiger partial charge in [-0.25, -0.2) is 0 Å². The van der Waals surface area contributed by atoms with Gasteiger partial charge in [-0.1, -0.05) is 0 Å². The largest absolute Gasteiger partial charge is 1.00 e. The van der Waals surface area contributed by atoms with Crippen LogP contribution < -0.4 is 21.9 Å². The van der Waals surface area contributed by atoms with Crippen LogP contribution in [-0.4, -0.2) is 38.1 Å². The van der Waals surface area contributed by atoms with Gasteiger partial charge in [0.2, 0.25) is 5.72 Å². The summed E-state index contributed by atoms with van der Waals surface area (Å²) in [5.74, 6) is 0. The monoisotopic (exact) mass is 253 g/mol. The molecule has 0 aromatic carbocycles. The molecule has 0 spiro atoms. The third kappa shape index (κ3) is 1.91. The minimum atomic E-state index is -0.115. The Kier molecular flexibility index (Phi) is 4.37. The first-order valence-electron chi connectivity index (χ1n) is 4.52. The summed E-state index contributed by atoms with van der Waals surface area (Å²) in [6.07, 6.45) is 0.828. The fourth-order valence-corrected chi connectivity index (χ4v) is 1.84. The smallest absolute Gasteiger partial charge is 0.206 e. The van der Waals surface area contributed by atoms with Crippen LogP contribution in [-0.2, 0) is 4.74 Å². The maximum atomic E-state index is 8.92. The molecule has 0 aromatic rings. The highest BCUT2D eigenvalue weighted by Crippen LogP contribution is 2.42. The van der Waals surface area contributed by atoms with Crippen molar-refractivity contribution in [3.05, 3.63) is 0 Å². The van der Waals surface area contributed by atoms with Crippen LogP contribution in [0.3, 0.4) is 0 Å². The third-order valence-electron chi connectivity index (χ3n) is 3.45. The molecule has 80 valence electrons. The molecule has 1 rings (SSSR count). The summed E-state index contributed by atoms with van der Waals surface area (Å²) >= 11 is 0. The maximum Gasteiger partial charge on any atom is 0.206 e. The minimum Gasteiger partial charge on any atom is -1.00 e. The van der Waals surface area contributed by atoms with E-state index in [2.05, 4.69) is 27.9 Å². The highest BCUT2D eigenvalue weighted by Gasteiger charge is 2.59. The van der Waals surface area contributed by atoms with Gasteiger partial charge >= 0.3 is 0 Å². The van der Waals surface area contributed by atoms with Gasteiger partial charge in [0.25, 0.3) is 0 Å². The van der Waals surface area contributed by atoms with Crippen molar-refractivity contribution in [1.82, 2.24) is 0 Å². The van der Waals surface area contributed by atoms with Crippen LogP contribution in [0.15, 0.2) is 0 Å². The molecule has 0 bridgehead atoms. The van der Waals surface area contributed by atoms with Gasteiger partial charge in [-0.05, 0) is 13.3 Å². The van der Waals surface area contributed by atoms with Gasteiger partial charge in [0.05, 0.1) is 26.1 Å². The SMILES string of the molecule is C[NH+](C)C1(C)OCC1(C)CCO.[Br-]. The van der Waals surface area contributed by atoms with Gasteiger partial charge in [0, 0.05) is 13.5 Å². The van der Waals surface area contributed by atoms with Crippen molar-refractivity contribution in [2.75, 3.05) is 27.3 Å². The number of hydrogen-bond donors (Lipinski definition) is 2. The lowest BCUT2D eigenvalue weighted by atomic mass is 9.72. The molecular formula is C9H20BrNO2. The van der Waals surface area contributed by atoms with Crippen LogP contribution in [0.5, 0.6) is 0 Å². The first-order valence-corrected chi connectivity index (χ1v) is 4.52. The molecule has 1 saturated heterocycles. The van der Waals surface area contributed by atoms with Gasteiger partial charge in [0.15, 0.2) is 0 Å². The second kappa shape index (κ2) is 4.26. The van der Waals surface area contributed by atoms with Gasteiger partial charge < -0.3 is 31.7 Å². The van der Waals surface area contributed by atoms with Gasteiger partial charge in [-0.2, -0.15) is 0 Å². The molecule has 0 radical (unpaired) electrons. The van der Waals surface area contributed by atoms with Crippen LogP contribution in [0.1, 0.15) is 20.3 Å². The van der Waals surface area contributed by atoms with Crippen LogP contribution in [0.2, 0.25) is 0 Å². The van der Waals surface area contributed by atoms with Crippen molar-refractivity contribution >= 4 is 0 Å². The van der Waals surface area contributed by atoms with E-state index in [-0.39, 0.29) is 34.7 Å². The Morgan fingerprint density at radius 3 is 2.15 bits per heavy atom. The lowest BCUT2D eigenvalue weighted by Crippen LogP contribution is -3.19. The van der Waals surface area contributed by atoms with Gasteiger partial charge in [-0.3, -0.25) is 0 Å². The summed E-state index contributed by atoms with van der Waals surface area (Å²) in [6.45, 7) is 5.32. The Morgan fingerprint density at radius 1 is 1.38 bits per heavy atom. The summed E-state index contributed by atoms with van der Waals surface area (Å²) in [4.78, 5) is 1.30. The lowest BCUT2D eigenvalue weighted by molar-refractivity contribution is -0.968. The zero-order chi connectivity index (χ0) is 9.41. The Hall–Kier alpha value is 0.360. The number of ether oxygens (including phenoxy) is 1. The molecule has 0 aromatic heterocycles. The highest BCUT2D eigenvalue weighted by atomic mass is 79.9. The molecule has 2 unspecified atom stereocenters. The molecule has 2 N–H and O–H groups in total. The molecule has 2 atom stereocenters. The van der Waals surface area contributed by atoms with Crippen molar-refractivity contribution < 1.29 is 31.7 Å². The molecule has 1 fully saturated rings. The van der Waals surface area contributed by atoms with E-state index in [1.807, 2.05) is 0 Å². The summed E-state index contributed by atoms with van der Waals surface area (Å²) in [5, 5.41) is 8.92. The summed E-state index contributed by atoms with van der Waals surface area (Å²) in [7, 11) is 4.18. The molecule has 1 aliphatic rings. The number of aliphatic hydroxyl groups is 1. The molecule has 4 heteroatoms. The van der Waals surface area contributed by atoms with Crippen molar-refractivity contribution in [1.29, 1.82) is 0 Å². The number of nitrogens with one attached hydrogen (secondary N) is 1. The predicted octanol–water partition coefficient (Wildman–Crippen LogP) is -3.73. The second-order valence-corrected chi connectivity index (χ2v) is 4.36. The average molecular weight is 254 g/mol. The molecular weight excluding hydrogens is 234 g/mol.